The Hall–Kier alpha value is -2.66. The van der Waals surface area contributed by atoms with Crippen LogP contribution in [0.5, 0.6) is 0 Å². The smallest absolute Gasteiger partial charge is 0.227 e. The second-order valence-electron chi connectivity index (χ2n) is 8.19. The first-order chi connectivity index (χ1) is 14.2. The summed E-state index contributed by atoms with van der Waals surface area (Å²) in [6.45, 7) is 2.98. The molecule has 0 radical (unpaired) electrons. The number of benzene rings is 2. The highest BCUT2D eigenvalue weighted by Gasteiger charge is 2.27. The molecule has 5 nitrogen and oxygen atoms in total. The van der Waals surface area contributed by atoms with E-state index in [0.717, 1.165) is 43.7 Å². The fourth-order valence-electron chi connectivity index (χ4n) is 4.33. The molecule has 0 bridgehead atoms. The molecule has 2 aromatic carbocycles. The molecule has 4 rings (SSSR count). The highest BCUT2D eigenvalue weighted by atomic mass is 16.2. The summed E-state index contributed by atoms with van der Waals surface area (Å²) in [5, 5.41) is 6.14. The highest BCUT2D eigenvalue weighted by molar-refractivity contribution is 5.96. The van der Waals surface area contributed by atoms with Crippen molar-refractivity contribution in [1.82, 2.24) is 10.2 Å². The maximum absolute atomic E-state index is 12.4. The van der Waals surface area contributed by atoms with Gasteiger partial charge in [0, 0.05) is 43.7 Å². The molecule has 2 aliphatic rings. The molecular weight excluding hydrogens is 362 g/mol. The molecule has 0 spiro atoms. The molecule has 1 fully saturated rings. The van der Waals surface area contributed by atoms with Crippen LogP contribution in [-0.4, -0.2) is 35.8 Å². The Morgan fingerprint density at radius 3 is 2.55 bits per heavy atom. The van der Waals surface area contributed by atoms with Crippen LogP contribution >= 0.6 is 0 Å². The van der Waals surface area contributed by atoms with E-state index in [1.54, 1.807) is 0 Å². The average molecular weight is 392 g/mol. The maximum Gasteiger partial charge on any atom is 0.227 e. The maximum atomic E-state index is 12.4. The van der Waals surface area contributed by atoms with Crippen LogP contribution in [0.2, 0.25) is 0 Å². The monoisotopic (exact) mass is 391 g/mol. The zero-order chi connectivity index (χ0) is 20.1. The Labute approximate surface area is 172 Å². The normalized spacial score (nSPS) is 20.0. The van der Waals surface area contributed by atoms with E-state index >= 15 is 0 Å². The van der Waals surface area contributed by atoms with Gasteiger partial charge in [0.2, 0.25) is 11.8 Å². The Kier molecular flexibility index (Phi) is 6.25. The van der Waals surface area contributed by atoms with Gasteiger partial charge in [0.25, 0.3) is 0 Å². The van der Waals surface area contributed by atoms with E-state index in [1.165, 1.54) is 5.56 Å². The second kappa shape index (κ2) is 9.23. The molecule has 1 atom stereocenters. The lowest BCUT2D eigenvalue weighted by Gasteiger charge is -2.32. The van der Waals surface area contributed by atoms with Gasteiger partial charge in [-0.2, -0.15) is 0 Å². The molecule has 5 heteroatoms. The number of hydrogen-bond donors (Lipinski definition) is 2. The van der Waals surface area contributed by atoms with E-state index < -0.39 is 0 Å². The van der Waals surface area contributed by atoms with E-state index in [2.05, 4.69) is 39.8 Å². The summed E-state index contributed by atoms with van der Waals surface area (Å²) in [7, 11) is 0. The zero-order valence-corrected chi connectivity index (χ0v) is 16.8. The summed E-state index contributed by atoms with van der Waals surface area (Å²) in [6, 6.07) is 18.7. The Morgan fingerprint density at radius 2 is 1.76 bits per heavy atom. The summed E-state index contributed by atoms with van der Waals surface area (Å²) >= 11 is 0. The summed E-state index contributed by atoms with van der Waals surface area (Å²) in [5.41, 5.74) is 3.39. The number of carbonyl (C=O) groups excluding carboxylic acids is 2. The van der Waals surface area contributed by atoms with Gasteiger partial charge in [-0.3, -0.25) is 14.5 Å². The molecule has 0 aromatic heterocycles. The van der Waals surface area contributed by atoms with Gasteiger partial charge in [0.05, 0.1) is 0 Å². The summed E-state index contributed by atoms with van der Waals surface area (Å²) < 4.78 is 0. The van der Waals surface area contributed by atoms with Crippen molar-refractivity contribution < 1.29 is 9.59 Å². The van der Waals surface area contributed by atoms with Crippen molar-refractivity contribution in [1.29, 1.82) is 0 Å². The number of piperidine rings is 1. The average Bonchev–Trinajstić information content (AvgIpc) is 2.74. The van der Waals surface area contributed by atoms with E-state index in [0.29, 0.717) is 19.3 Å². The van der Waals surface area contributed by atoms with E-state index in [4.69, 9.17) is 0 Å². The van der Waals surface area contributed by atoms with Gasteiger partial charge in [-0.15, -0.1) is 0 Å². The fourth-order valence-corrected chi connectivity index (χ4v) is 4.33. The minimum atomic E-state index is -0.122. The largest absolute Gasteiger partial charge is 0.353 e. The molecule has 2 amide bonds. The van der Waals surface area contributed by atoms with Gasteiger partial charge in [0.15, 0.2) is 0 Å². The summed E-state index contributed by atoms with van der Waals surface area (Å²) in [6.07, 6.45) is 3.68. The first-order valence-corrected chi connectivity index (χ1v) is 10.6. The van der Waals surface area contributed by atoms with Crippen LogP contribution in [-0.2, 0) is 22.6 Å². The Bertz CT molecular complexity index is 844. The third-order valence-electron chi connectivity index (χ3n) is 6.03. The second-order valence-corrected chi connectivity index (χ2v) is 8.19. The zero-order valence-electron chi connectivity index (χ0n) is 16.8. The van der Waals surface area contributed by atoms with Gasteiger partial charge >= 0.3 is 0 Å². The van der Waals surface area contributed by atoms with Crippen LogP contribution in [0.15, 0.2) is 54.6 Å². The predicted molar refractivity (Wildman–Crippen MR) is 114 cm³/mol. The van der Waals surface area contributed by atoms with Gasteiger partial charge in [-0.05, 0) is 42.9 Å². The van der Waals surface area contributed by atoms with Crippen LogP contribution in [0.25, 0.3) is 0 Å². The molecule has 2 N–H and O–H groups in total. The van der Waals surface area contributed by atoms with E-state index in [-0.39, 0.29) is 23.8 Å². The van der Waals surface area contributed by atoms with Gasteiger partial charge in [-0.1, -0.05) is 48.5 Å². The lowest BCUT2D eigenvalue weighted by molar-refractivity contribution is -0.123. The first kappa shape index (κ1) is 19.6. The van der Waals surface area contributed by atoms with Gasteiger partial charge < -0.3 is 10.6 Å². The number of fused-ring (bicyclic) bond motifs is 1. The molecule has 2 heterocycles. The number of amides is 2. The van der Waals surface area contributed by atoms with Crippen molar-refractivity contribution in [3.8, 4) is 0 Å². The topological polar surface area (TPSA) is 61.4 Å². The number of rotatable bonds is 6. The van der Waals surface area contributed by atoms with Crippen LogP contribution in [0.3, 0.4) is 0 Å². The quantitative estimate of drug-likeness (QED) is 0.794. The van der Waals surface area contributed by atoms with Crippen LogP contribution in [0.4, 0.5) is 5.69 Å². The Balaban J connectivity index is 1.18. The van der Waals surface area contributed by atoms with Crippen molar-refractivity contribution in [2.75, 3.05) is 18.4 Å². The first-order valence-electron chi connectivity index (χ1n) is 10.6. The number of nitrogens with zero attached hydrogens (tertiary/aromatic N) is 1. The van der Waals surface area contributed by atoms with Crippen molar-refractivity contribution in [3.63, 3.8) is 0 Å². The van der Waals surface area contributed by atoms with Crippen LogP contribution in [0.1, 0.15) is 36.8 Å². The third-order valence-corrected chi connectivity index (χ3v) is 6.03. The Morgan fingerprint density at radius 1 is 1.03 bits per heavy atom. The SMILES string of the molecule is O=C(CCC1Cc2ccccc2NC1=O)NC1CCN(Cc2ccccc2)CC1. The van der Waals surface area contributed by atoms with Gasteiger partial charge in [0.1, 0.15) is 0 Å². The summed E-state index contributed by atoms with van der Waals surface area (Å²) in [4.78, 5) is 27.2. The number of nitrogens with one attached hydrogen (secondary N) is 2. The van der Waals surface area contributed by atoms with Crippen molar-refractivity contribution in [2.24, 2.45) is 5.92 Å². The predicted octanol–water partition coefficient (Wildman–Crippen LogP) is 3.36. The van der Waals surface area contributed by atoms with Crippen LogP contribution < -0.4 is 10.6 Å². The molecule has 2 aliphatic heterocycles. The third kappa shape index (κ3) is 5.24. The molecule has 152 valence electrons. The van der Waals surface area contributed by atoms with Gasteiger partial charge in [-0.25, -0.2) is 0 Å². The molecule has 1 saturated heterocycles. The number of anilines is 1. The van der Waals surface area contributed by atoms with Crippen molar-refractivity contribution in [3.05, 3.63) is 65.7 Å². The molecule has 2 aromatic rings. The molecular formula is C24H29N3O2. The van der Waals surface area contributed by atoms with Crippen LogP contribution in [0, 0.1) is 5.92 Å². The minimum absolute atomic E-state index is 0.0331. The van der Waals surface area contributed by atoms with E-state index in [1.807, 2.05) is 30.3 Å². The summed E-state index contributed by atoms with van der Waals surface area (Å²) in [5.74, 6) is -0.0211. The highest BCUT2D eigenvalue weighted by Crippen LogP contribution is 2.27. The number of likely N-dealkylation sites (tertiary alicyclic amines) is 1. The minimum Gasteiger partial charge on any atom is -0.353 e. The number of hydrogen-bond acceptors (Lipinski definition) is 3. The van der Waals surface area contributed by atoms with Crippen molar-refractivity contribution in [2.45, 2.75) is 44.7 Å². The van der Waals surface area contributed by atoms with E-state index in [9.17, 15) is 9.59 Å². The lowest BCUT2D eigenvalue weighted by atomic mass is 9.89. The van der Waals surface area contributed by atoms with Crippen molar-refractivity contribution >= 4 is 17.5 Å². The fraction of sp³-hybridized carbons (Fsp3) is 0.417. The number of carbonyl (C=O) groups is 2. The molecule has 0 aliphatic carbocycles. The lowest BCUT2D eigenvalue weighted by Crippen LogP contribution is -2.44. The number of para-hydroxylation sites is 1. The molecule has 1 unspecified atom stereocenters. The molecule has 29 heavy (non-hydrogen) atoms. The standard InChI is InChI=1S/C24H29N3O2/c28-23(11-10-20-16-19-8-4-5-9-22(19)26-24(20)29)25-21-12-14-27(15-13-21)17-18-6-2-1-3-7-18/h1-9,20-21H,10-17H2,(H,25,28)(H,26,29). The molecule has 0 saturated carbocycles.